The van der Waals surface area contributed by atoms with Crippen molar-refractivity contribution in [1.29, 1.82) is 0 Å². The summed E-state index contributed by atoms with van der Waals surface area (Å²) in [6.07, 6.45) is 1.46. The molecule has 0 fully saturated rings. The Labute approximate surface area is 84.9 Å². The Bertz CT molecular complexity index is 498. The molecule has 0 atom stereocenters. The number of hydrogen-bond donors (Lipinski definition) is 1. The van der Waals surface area contributed by atoms with Crippen molar-refractivity contribution < 1.29 is 5.21 Å². The molecule has 70 valence electrons. The molecule has 1 heterocycles. The van der Waals surface area contributed by atoms with Gasteiger partial charge in [0.15, 0.2) is 5.17 Å². The maximum absolute atomic E-state index is 8.45. The first-order chi connectivity index (χ1) is 6.81. The second-order valence-corrected chi connectivity index (χ2v) is 2.99. The predicted octanol–water partition coefficient (Wildman–Crippen LogP) is 2.00. The molecule has 0 bridgehead atoms. The van der Waals surface area contributed by atoms with Crippen LogP contribution in [0.1, 0.15) is 5.69 Å². The molecule has 5 heteroatoms. The lowest BCUT2D eigenvalue weighted by Gasteiger charge is -1.98. The number of benzene rings is 1. The predicted molar refractivity (Wildman–Crippen MR) is 53.7 cm³/mol. The molecule has 0 saturated carbocycles. The number of fused-ring (bicyclic) bond motifs is 1. The average Bonchev–Trinajstić information content (AvgIpc) is 2.27. The maximum atomic E-state index is 8.45. The summed E-state index contributed by atoms with van der Waals surface area (Å²) in [7, 11) is 0. The Morgan fingerprint density at radius 2 is 2.00 bits per heavy atom. The first kappa shape index (κ1) is 8.90. The number of halogens is 1. The highest BCUT2D eigenvalue weighted by molar-refractivity contribution is 6.69. The number of para-hydroxylation sites is 2. The lowest BCUT2D eigenvalue weighted by molar-refractivity contribution is 0.320. The molecule has 2 rings (SSSR count). The normalized spacial score (nSPS) is 11.9. The van der Waals surface area contributed by atoms with Crippen LogP contribution in [0.5, 0.6) is 0 Å². The van der Waals surface area contributed by atoms with Crippen LogP contribution in [-0.4, -0.2) is 20.3 Å². The molecule has 0 radical (unpaired) electrons. The van der Waals surface area contributed by atoms with Crippen molar-refractivity contribution in [3.63, 3.8) is 0 Å². The van der Waals surface area contributed by atoms with Crippen LogP contribution >= 0.6 is 11.6 Å². The quantitative estimate of drug-likeness (QED) is 0.442. The van der Waals surface area contributed by atoms with Crippen molar-refractivity contribution in [1.82, 2.24) is 9.97 Å². The zero-order chi connectivity index (χ0) is 9.97. The van der Waals surface area contributed by atoms with Crippen molar-refractivity contribution in [2.24, 2.45) is 5.16 Å². The van der Waals surface area contributed by atoms with Gasteiger partial charge in [0, 0.05) is 0 Å². The van der Waals surface area contributed by atoms with Crippen molar-refractivity contribution in [3.8, 4) is 0 Å². The van der Waals surface area contributed by atoms with Gasteiger partial charge in [-0.15, -0.1) is 0 Å². The molecule has 1 N–H and O–H groups in total. The van der Waals surface area contributed by atoms with Gasteiger partial charge in [-0.1, -0.05) is 28.9 Å². The zero-order valence-corrected chi connectivity index (χ0v) is 7.81. The van der Waals surface area contributed by atoms with E-state index in [-0.39, 0.29) is 5.17 Å². The van der Waals surface area contributed by atoms with Gasteiger partial charge < -0.3 is 5.21 Å². The van der Waals surface area contributed by atoms with Crippen molar-refractivity contribution in [2.75, 3.05) is 0 Å². The maximum Gasteiger partial charge on any atom is 0.195 e. The van der Waals surface area contributed by atoms with E-state index in [0.717, 1.165) is 5.52 Å². The van der Waals surface area contributed by atoms with E-state index in [1.165, 1.54) is 6.20 Å². The first-order valence-electron chi connectivity index (χ1n) is 3.91. The second kappa shape index (κ2) is 3.59. The number of hydrogen-bond acceptors (Lipinski definition) is 4. The molecule has 1 aromatic heterocycles. The van der Waals surface area contributed by atoms with E-state index in [0.29, 0.717) is 11.2 Å². The highest BCUT2D eigenvalue weighted by Crippen LogP contribution is 2.09. The monoisotopic (exact) mass is 207 g/mol. The van der Waals surface area contributed by atoms with E-state index in [1.807, 2.05) is 24.3 Å². The lowest BCUT2D eigenvalue weighted by atomic mass is 10.3. The summed E-state index contributed by atoms with van der Waals surface area (Å²) in [6, 6.07) is 7.38. The van der Waals surface area contributed by atoms with Crippen LogP contribution in [0.25, 0.3) is 11.0 Å². The van der Waals surface area contributed by atoms with Gasteiger partial charge in [0.25, 0.3) is 0 Å². The number of rotatable bonds is 1. The Kier molecular flexibility index (Phi) is 2.28. The zero-order valence-electron chi connectivity index (χ0n) is 7.05. The topological polar surface area (TPSA) is 58.4 Å². The van der Waals surface area contributed by atoms with Gasteiger partial charge in [-0.05, 0) is 12.1 Å². The van der Waals surface area contributed by atoms with E-state index in [4.69, 9.17) is 16.8 Å². The lowest BCUT2D eigenvalue weighted by Crippen LogP contribution is -1.97. The Hall–Kier alpha value is -1.68. The third kappa shape index (κ3) is 1.52. The summed E-state index contributed by atoms with van der Waals surface area (Å²) in [5.74, 6) is 0. The van der Waals surface area contributed by atoms with Crippen LogP contribution in [0, 0.1) is 0 Å². The highest BCUT2D eigenvalue weighted by atomic mass is 35.5. The fraction of sp³-hybridized carbons (Fsp3) is 0. The molecule has 4 nitrogen and oxygen atoms in total. The van der Waals surface area contributed by atoms with E-state index in [1.54, 1.807) is 0 Å². The molecular formula is C9H6ClN3O. The van der Waals surface area contributed by atoms with E-state index in [9.17, 15) is 0 Å². The molecule has 0 spiro atoms. The molecule has 1 aromatic carbocycles. The molecule has 0 aliphatic heterocycles. The van der Waals surface area contributed by atoms with Crippen LogP contribution in [0.15, 0.2) is 35.6 Å². The average molecular weight is 208 g/mol. The number of aromatic nitrogens is 2. The van der Waals surface area contributed by atoms with Crippen molar-refractivity contribution in [3.05, 3.63) is 36.2 Å². The minimum absolute atomic E-state index is 0.0664. The van der Waals surface area contributed by atoms with Gasteiger partial charge in [0.2, 0.25) is 0 Å². The SMILES string of the molecule is O/N=C(/Cl)c1cnc2ccccc2n1. The summed E-state index contributed by atoms with van der Waals surface area (Å²) in [5.41, 5.74) is 1.85. The fourth-order valence-corrected chi connectivity index (χ4v) is 1.20. The third-order valence-electron chi connectivity index (χ3n) is 1.75. The standard InChI is InChI=1S/C9H6ClN3O/c10-9(13-14)8-5-11-6-3-1-2-4-7(6)12-8/h1-5,14H/b13-9+. The van der Waals surface area contributed by atoms with E-state index in [2.05, 4.69) is 15.1 Å². The summed E-state index contributed by atoms with van der Waals surface area (Å²) < 4.78 is 0. The summed E-state index contributed by atoms with van der Waals surface area (Å²) in [5, 5.41) is 11.2. The summed E-state index contributed by atoms with van der Waals surface area (Å²) in [6.45, 7) is 0. The van der Waals surface area contributed by atoms with Crippen LogP contribution in [0.3, 0.4) is 0 Å². The van der Waals surface area contributed by atoms with Gasteiger partial charge in [-0.3, -0.25) is 4.98 Å². The molecule has 0 saturated heterocycles. The van der Waals surface area contributed by atoms with Gasteiger partial charge in [-0.25, -0.2) is 4.98 Å². The second-order valence-electron chi connectivity index (χ2n) is 2.63. The number of oxime groups is 1. The van der Waals surface area contributed by atoms with Crippen molar-refractivity contribution >= 4 is 27.8 Å². The summed E-state index contributed by atoms with van der Waals surface area (Å²) in [4.78, 5) is 8.27. The molecule has 0 aliphatic rings. The van der Waals surface area contributed by atoms with Gasteiger partial charge in [0.1, 0.15) is 5.69 Å². The fourth-order valence-electron chi connectivity index (χ4n) is 1.11. The van der Waals surface area contributed by atoms with Gasteiger partial charge >= 0.3 is 0 Å². The molecular weight excluding hydrogens is 202 g/mol. The molecule has 0 unspecified atom stereocenters. The van der Waals surface area contributed by atoms with Gasteiger partial charge in [0.05, 0.1) is 17.2 Å². The highest BCUT2D eigenvalue weighted by Gasteiger charge is 2.03. The van der Waals surface area contributed by atoms with E-state index >= 15 is 0 Å². The first-order valence-corrected chi connectivity index (χ1v) is 4.29. The molecule has 2 aromatic rings. The Morgan fingerprint density at radius 3 is 2.71 bits per heavy atom. The molecule has 0 amide bonds. The summed E-state index contributed by atoms with van der Waals surface area (Å²) >= 11 is 5.59. The van der Waals surface area contributed by atoms with Crippen LogP contribution in [0.2, 0.25) is 0 Å². The minimum Gasteiger partial charge on any atom is -0.410 e. The van der Waals surface area contributed by atoms with Crippen LogP contribution < -0.4 is 0 Å². The van der Waals surface area contributed by atoms with E-state index < -0.39 is 0 Å². The van der Waals surface area contributed by atoms with Gasteiger partial charge in [-0.2, -0.15) is 0 Å². The molecule has 14 heavy (non-hydrogen) atoms. The number of nitrogens with zero attached hydrogens (tertiary/aromatic N) is 3. The van der Waals surface area contributed by atoms with Crippen molar-refractivity contribution in [2.45, 2.75) is 0 Å². The minimum atomic E-state index is -0.0664. The van der Waals surface area contributed by atoms with Crippen LogP contribution in [-0.2, 0) is 0 Å². The Morgan fingerprint density at radius 1 is 1.29 bits per heavy atom. The molecule has 0 aliphatic carbocycles. The Balaban J connectivity index is 2.62. The largest absolute Gasteiger partial charge is 0.410 e. The third-order valence-corrected chi connectivity index (χ3v) is 2.02. The van der Waals surface area contributed by atoms with Crippen LogP contribution in [0.4, 0.5) is 0 Å². The smallest absolute Gasteiger partial charge is 0.195 e.